The number of ether oxygens (including phenoxy) is 1. The van der Waals surface area contributed by atoms with Crippen LogP contribution in [0.1, 0.15) is 15.9 Å². The molecule has 0 fully saturated rings. The fourth-order valence-electron chi connectivity index (χ4n) is 2.61. The molecule has 0 aliphatic heterocycles. The van der Waals surface area contributed by atoms with E-state index in [-0.39, 0.29) is 12.5 Å². The molecular weight excluding hydrogens is 316 g/mol. The van der Waals surface area contributed by atoms with Crippen molar-refractivity contribution in [3.8, 4) is 5.75 Å². The second-order valence-electron chi connectivity index (χ2n) is 5.76. The molecule has 3 rings (SSSR count). The van der Waals surface area contributed by atoms with Crippen LogP contribution in [0.5, 0.6) is 5.75 Å². The van der Waals surface area contributed by atoms with Gasteiger partial charge in [0.1, 0.15) is 12.4 Å². The van der Waals surface area contributed by atoms with Gasteiger partial charge in [0.2, 0.25) is 0 Å². The average molecular weight is 336 g/mol. The number of hydrogen-bond acceptors (Lipinski definition) is 4. The van der Waals surface area contributed by atoms with Gasteiger partial charge >= 0.3 is 0 Å². The Kier molecular flexibility index (Phi) is 5.26. The van der Waals surface area contributed by atoms with E-state index in [1.54, 1.807) is 37.5 Å². The number of nitrogens with zero attached hydrogens (tertiary/aromatic N) is 2. The second-order valence-corrected chi connectivity index (χ2v) is 5.76. The summed E-state index contributed by atoms with van der Waals surface area (Å²) in [6.45, 7) is 0.666. The van der Waals surface area contributed by atoms with E-state index in [0.717, 1.165) is 16.5 Å². The highest BCUT2D eigenvalue weighted by Crippen LogP contribution is 2.19. The molecule has 5 heteroatoms. The van der Waals surface area contributed by atoms with Crippen molar-refractivity contribution in [2.45, 2.75) is 6.61 Å². The molecular formula is C20H20N2O3. The predicted octanol–water partition coefficient (Wildman–Crippen LogP) is 2.88. The third-order valence-corrected chi connectivity index (χ3v) is 3.99. The lowest BCUT2D eigenvalue weighted by Crippen LogP contribution is -2.29. The normalized spacial score (nSPS) is 10.6. The molecule has 0 spiro atoms. The van der Waals surface area contributed by atoms with Crippen molar-refractivity contribution in [1.29, 1.82) is 0 Å². The molecule has 0 bridgehead atoms. The van der Waals surface area contributed by atoms with Gasteiger partial charge in [-0.15, -0.1) is 0 Å². The highest BCUT2D eigenvalue weighted by Gasteiger charge is 2.11. The largest absolute Gasteiger partial charge is 0.489 e. The average Bonchev–Trinajstić information content (AvgIpc) is 2.66. The van der Waals surface area contributed by atoms with Gasteiger partial charge in [-0.05, 0) is 30.3 Å². The van der Waals surface area contributed by atoms with Crippen molar-refractivity contribution in [2.24, 2.45) is 0 Å². The number of pyridine rings is 1. The van der Waals surface area contributed by atoms with E-state index in [4.69, 9.17) is 9.84 Å². The first-order valence-corrected chi connectivity index (χ1v) is 8.11. The summed E-state index contributed by atoms with van der Waals surface area (Å²) in [5.41, 5.74) is 2.51. The number of aliphatic hydroxyl groups is 1. The third kappa shape index (κ3) is 3.95. The van der Waals surface area contributed by atoms with Gasteiger partial charge in [-0.2, -0.15) is 0 Å². The highest BCUT2D eigenvalue weighted by molar-refractivity contribution is 5.94. The number of hydrogen-bond donors (Lipinski definition) is 1. The Morgan fingerprint density at radius 3 is 2.64 bits per heavy atom. The first-order chi connectivity index (χ1) is 12.2. The minimum atomic E-state index is -0.126. The van der Waals surface area contributed by atoms with Crippen LogP contribution in [-0.4, -0.2) is 41.1 Å². The van der Waals surface area contributed by atoms with Crippen molar-refractivity contribution >= 4 is 16.8 Å². The minimum Gasteiger partial charge on any atom is -0.489 e. The SMILES string of the molecule is CN(CCO)C(=O)c1ccc(OCc2cccc3cccnc23)cc1. The van der Waals surface area contributed by atoms with Crippen molar-refractivity contribution in [3.63, 3.8) is 0 Å². The third-order valence-electron chi connectivity index (χ3n) is 3.99. The molecule has 0 saturated heterocycles. The first kappa shape index (κ1) is 16.9. The number of para-hydroxylation sites is 1. The number of amides is 1. The van der Waals surface area contributed by atoms with Crippen LogP contribution in [-0.2, 0) is 6.61 Å². The van der Waals surface area contributed by atoms with Gasteiger partial charge in [-0.3, -0.25) is 9.78 Å². The molecule has 5 nitrogen and oxygen atoms in total. The van der Waals surface area contributed by atoms with Crippen LogP contribution in [0.25, 0.3) is 10.9 Å². The Balaban J connectivity index is 1.68. The molecule has 0 atom stereocenters. The van der Waals surface area contributed by atoms with E-state index in [9.17, 15) is 4.79 Å². The fraction of sp³-hybridized carbons (Fsp3) is 0.200. The second kappa shape index (κ2) is 7.77. The van der Waals surface area contributed by atoms with E-state index < -0.39 is 0 Å². The molecule has 128 valence electrons. The number of aliphatic hydroxyl groups excluding tert-OH is 1. The molecule has 25 heavy (non-hydrogen) atoms. The zero-order valence-corrected chi connectivity index (χ0v) is 14.1. The summed E-state index contributed by atoms with van der Waals surface area (Å²) < 4.78 is 5.84. The maximum Gasteiger partial charge on any atom is 0.253 e. The Bertz CT molecular complexity index is 857. The summed E-state index contributed by atoms with van der Waals surface area (Å²) in [6, 6.07) is 17.0. The predicted molar refractivity (Wildman–Crippen MR) is 96.6 cm³/mol. The summed E-state index contributed by atoms with van der Waals surface area (Å²) in [4.78, 5) is 18.0. The van der Waals surface area contributed by atoms with Crippen LogP contribution < -0.4 is 4.74 Å². The van der Waals surface area contributed by atoms with Crippen molar-refractivity contribution in [3.05, 3.63) is 71.9 Å². The molecule has 1 N–H and O–H groups in total. The lowest BCUT2D eigenvalue weighted by Gasteiger charge is -2.15. The van der Waals surface area contributed by atoms with Gasteiger partial charge in [0.15, 0.2) is 0 Å². The summed E-state index contributed by atoms with van der Waals surface area (Å²) in [5, 5.41) is 9.99. The lowest BCUT2D eigenvalue weighted by atomic mass is 10.1. The summed E-state index contributed by atoms with van der Waals surface area (Å²) >= 11 is 0. The molecule has 0 aliphatic carbocycles. The number of rotatable bonds is 6. The van der Waals surface area contributed by atoms with Gasteiger partial charge in [0, 0.05) is 36.3 Å². The molecule has 0 aliphatic rings. The van der Waals surface area contributed by atoms with Gasteiger partial charge in [0.05, 0.1) is 12.1 Å². The summed E-state index contributed by atoms with van der Waals surface area (Å²) in [5.74, 6) is 0.563. The number of fused-ring (bicyclic) bond motifs is 1. The van der Waals surface area contributed by atoms with E-state index in [0.29, 0.717) is 24.5 Å². The van der Waals surface area contributed by atoms with Crippen LogP contribution in [0.15, 0.2) is 60.8 Å². The molecule has 2 aromatic carbocycles. The molecule has 0 saturated carbocycles. The highest BCUT2D eigenvalue weighted by atomic mass is 16.5. The Labute approximate surface area is 146 Å². The summed E-state index contributed by atoms with van der Waals surface area (Å²) in [6.07, 6.45) is 1.77. The molecule has 1 amide bonds. The van der Waals surface area contributed by atoms with E-state index in [2.05, 4.69) is 4.98 Å². The number of benzene rings is 2. The molecule has 3 aromatic rings. The minimum absolute atomic E-state index is 0.0531. The van der Waals surface area contributed by atoms with Crippen LogP contribution in [0.4, 0.5) is 0 Å². The standard InChI is InChI=1S/C20H20N2O3/c1-22(12-13-23)20(24)16-7-9-18(10-8-16)25-14-17-5-2-4-15-6-3-11-21-19(15)17/h2-11,23H,12-14H2,1H3. The zero-order chi connectivity index (χ0) is 17.6. The lowest BCUT2D eigenvalue weighted by molar-refractivity contribution is 0.0767. The van der Waals surface area contributed by atoms with Gasteiger partial charge in [-0.25, -0.2) is 0 Å². The summed E-state index contributed by atoms with van der Waals surface area (Å²) in [7, 11) is 1.66. The van der Waals surface area contributed by atoms with Crippen molar-refractivity contribution in [2.75, 3.05) is 20.2 Å². The number of carbonyl (C=O) groups is 1. The molecule has 1 heterocycles. The molecule has 0 unspecified atom stereocenters. The van der Waals surface area contributed by atoms with Crippen LogP contribution in [0.2, 0.25) is 0 Å². The zero-order valence-electron chi connectivity index (χ0n) is 14.1. The Morgan fingerprint density at radius 1 is 1.12 bits per heavy atom. The van der Waals surface area contributed by atoms with Gasteiger partial charge < -0.3 is 14.7 Å². The van der Waals surface area contributed by atoms with Crippen LogP contribution in [0, 0.1) is 0 Å². The maximum absolute atomic E-state index is 12.1. The molecule has 0 radical (unpaired) electrons. The van der Waals surface area contributed by atoms with Crippen molar-refractivity contribution in [1.82, 2.24) is 9.88 Å². The fourth-order valence-corrected chi connectivity index (χ4v) is 2.61. The van der Waals surface area contributed by atoms with Crippen LogP contribution >= 0.6 is 0 Å². The number of aromatic nitrogens is 1. The maximum atomic E-state index is 12.1. The topological polar surface area (TPSA) is 62.7 Å². The van der Waals surface area contributed by atoms with Crippen LogP contribution in [0.3, 0.4) is 0 Å². The van der Waals surface area contributed by atoms with E-state index in [1.807, 2.05) is 30.3 Å². The number of likely N-dealkylation sites (N-methyl/N-ethyl adjacent to an activating group) is 1. The Morgan fingerprint density at radius 2 is 1.88 bits per heavy atom. The molecule has 1 aromatic heterocycles. The monoisotopic (exact) mass is 336 g/mol. The van der Waals surface area contributed by atoms with Gasteiger partial charge in [0.25, 0.3) is 5.91 Å². The first-order valence-electron chi connectivity index (χ1n) is 8.11. The van der Waals surface area contributed by atoms with E-state index >= 15 is 0 Å². The van der Waals surface area contributed by atoms with Gasteiger partial charge in [-0.1, -0.05) is 24.3 Å². The quantitative estimate of drug-likeness (QED) is 0.752. The number of carbonyl (C=O) groups excluding carboxylic acids is 1. The smallest absolute Gasteiger partial charge is 0.253 e. The van der Waals surface area contributed by atoms with Crippen molar-refractivity contribution < 1.29 is 14.6 Å². The van der Waals surface area contributed by atoms with E-state index in [1.165, 1.54) is 4.90 Å². The Hall–Kier alpha value is -2.92.